The number of rotatable bonds is 6. The Kier molecular flexibility index (Phi) is 5.68. The summed E-state index contributed by atoms with van der Waals surface area (Å²) in [5.41, 5.74) is 1.41. The summed E-state index contributed by atoms with van der Waals surface area (Å²) < 4.78 is 15.2. The second kappa shape index (κ2) is 8.14. The minimum atomic E-state index is -0.406. The highest BCUT2D eigenvalue weighted by Crippen LogP contribution is 2.27. The summed E-state index contributed by atoms with van der Waals surface area (Å²) in [7, 11) is 0. The van der Waals surface area contributed by atoms with Crippen LogP contribution in [-0.2, 0) is 11.3 Å². The molecule has 1 amide bonds. The topological polar surface area (TPSA) is 59.8 Å². The maximum absolute atomic E-state index is 13.3. The van der Waals surface area contributed by atoms with Crippen molar-refractivity contribution in [2.45, 2.75) is 30.8 Å². The van der Waals surface area contributed by atoms with Gasteiger partial charge in [-0.05, 0) is 32.0 Å². The number of halogens is 1. The smallest absolute Gasteiger partial charge is 0.237 e. The molecule has 3 aromatic rings. The Morgan fingerprint density at radius 3 is 2.65 bits per heavy atom. The molecule has 0 spiro atoms. The molecule has 1 heterocycles. The van der Waals surface area contributed by atoms with Crippen molar-refractivity contribution in [1.82, 2.24) is 14.8 Å². The van der Waals surface area contributed by atoms with Crippen LogP contribution in [0.4, 0.5) is 10.1 Å². The van der Waals surface area contributed by atoms with E-state index in [4.69, 9.17) is 0 Å². The van der Waals surface area contributed by atoms with Crippen molar-refractivity contribution in [2.75, 3.05) is 5.32 Å². The van der Waals surface area contributed by atoms with Crippen LogP contribution in [0.3, 0.4) is 0 Å². The molecule has 0 bridgehead atoms. The summed E-state index contributed by atoms with van der Waals surface area (Å²) in [5, 5.41) is 11.5. The Labute approximate surface area is 155 Å². The Hall–Kier alpha value is -2.67. The van der Waals surface area contributed by atoms with Crippen LogP contribution >= 0.6 is 11.8 Å². The van der Waals surface area contributed by atoms with Gasteiger partial charge in [0, 0.05) is 17.8 Å². The average Bonchev–Trinajstić information content (AvgIpc) is 3.05. The highest BCUT2D eigenvalue weighted by molar-refractivity contribution is 8.00. The van der Waals surface area contributed by atoms with E-state index in [0.717, 1.165) is 11.4 Å². The van der Waals surface area contributed by atoms with Gasteiger partial charge in [0.2, 0.25) is 5.91 Å². The van der Waals surface area contributed by atoms with Crippen LogP contribution in [-0.4, -0.2) is 25.9 Å². The van der Waals surface area contributed by atoms with E-state index in [1.54, 1.807) is 19.1 Å². The van der Waals surface area contributed by atoms with Crippen molar-refractivity contribution in [3.05, 3.63) is 60.4 Å². The molecule has 0 fully saturated rings. The lowest BCUT2D eigenvalue weighted by atomic mass is 10.2. The minimum absolute atomic E-state index is 0.215. The van der Waals surface area contributed by atoms with Gasteiger partial charge in [0.25, 0.3) is 0 Å². The molecular weight excluding hydrogens is 351 g/mol. The lowest BCUT2D eigenvalue weighted by molar-refractivity contribution is -0.115. The zero-order valence-corrected chi connectivity index (χ0v) is 15.3. The number of thioether (sulfide) groups is 1. The molecule has 1 unspecified atom stereocenters. The monoisotopic (exact) mass is 370 g/mol. The van der Waals surface area contributed by atoms with Crippen LogP contribution < -0.4 is 5.32 Å². The summed E-state index contributed by atoms with van der Waals surface area (Å²) in [5.74, 6) is 0.169. The van der Waals surface area contributed by atoms with Gasteiger partial charge >= 0.3 is 0 Å². The van der Waals surface area contributed by atoms with E-state index in [0.29, 0.717) is 17.4 Å². The fraction of sp³-hybridized carbons (Fsp3) is 0.211. The first-order valence-corrected chi connectivity index (χ1v) is 9.18. The van der Waals surface area contributed by atoms with Crippen molar-refractivity contribution < 1.29 is 9.18 Å². The summed E-state index contributed by atoms with van der Waals surface area (Å²) in [4.78, 5) is 12.4. The van der Waals surface area contributed by atoms with Crippen LogP contribution in [0.2, 0.25) is 0 Å². The molecule has 134 valence electrons. The normalized spacial score (nSPS) is 12.0. The van der Waals surface area contributed by atoms with E-state index in [9.17, 15) is 9.18 Å². The molecule has 2 aromatic carbocycles. The zero-order valence-electron chi connectivity index (χ0n) is 14.5. The SMILES string of the molecule is CCn1c(SC(C)C(=O)Nc2cccc(F)c2)nnc1-c1ccccc1. The van der Waals surface area contributed by atoms with E-state index in [1.165, 1.54) is 23.9 Å². The number of carbonyl (C=O) groups excluding carboxylic acids is 1. The summed E-state index contributed by atoms with van der Waals surface area (Å²) >= 11 is 1.33. The highest BCUT2D eigenvalue weighted by atomic mass is 32.2. The molecule has 1 atom stereocenters. The number of nitrogens with zero attached hydrogens (tertiary/aromatic N) is 3. The van der Waals surface area contributed by atoms with Crippen molar-refractivity contribution >= 4 is 23.4 Å². The zero-order chi connectivity index (χ0) is 18.5. The number of hydrogen-bond acceptors (Lipinski definition) is 4. The van der Waals surface area contributed by atoms with Gasteiger partial charge < -0.3 is 9.88 Å². The predicted molar refractivity (Wildman–Crippen MR) is 101 cm³/mol. The van der Waals surface area contributed by atoms with Gasteiger partial charge in [-0.2, -0.15) is 0 Å². The third-order valence-electron chi connectivity index (χ3n) is 3.81. The first kappa shape index (κ1) is 18.1. The number of amides is 1. The van der Waals surface area contributed by atoms with E-state index >= 15 is 0 Å². The third kappa shape index (κ3) is 4.11. The van der Waals surface area contributed by atoms with E-state index < -0.39 is 5.25 Å². The van der Waals surface area contributed by atoms with E-state index in [2.05, 4.69) is 15.5 Å². The maximum atomic E-state index is 13.3. The number of anilines is 1. The molecule has 5 nitrogen and oxygen atoms in total. The van der Waals surface area contributed by atoms with Crippen molar-refractivity contribution in [3.63, 3.8) is 0 Å². The van der Waals surface area contributed by atoms with Crippen LogP contribution in [0, 0.1) is 5.82 Å². The Bertz CT molecular complexity index is 898. The van der Waals surface area contributed by atoms with E-state index in [1.807, 2.05) is 41.8 Å². The number of benzene rings is 2. The van der Waals surface area contributed by atoms with Crippen LogP contribution in [0.1, 0.15) is 13.8 Å². The quantitative estimate of drug-likeness (QED) is 0.660. The number of aromatic nitrogens is 3. The third-order valence-corrected chi connectivity index (χ3v) is 4.89. The first-order valence-electron chi connectivity index (χ1n) is 8.30. The standard InChI is InChI=1S/C19H19FN4OS/c1-3-24-17(14-8-5-4-6-9-14)22-23-19(24)26-13(2)18(25)21-16-11-7-10-15(20)12-16/h4-13H,3H2,1-2H3,(H,21,25). The molecule has 1 N–H and O–H groups in total. The van der Waals surface area contributed by atoms with Crippen LogP contribution in [0.15, 0.2) is 59.8 Å². The first-order chi connectivity index (χ1) is 12.6. The molecule has 0 saturated heterocycles. The highest BCUT2D eigenvalue weighted by Gasteiger charge is 2.20. The van der Waals surface area contributed by atoms with Gasteiger partial charge in [0.15, 0.2) is 11.0 Å². The maximum Gasteiger partial charge on any atom is 0.237 e. The molecule has 26 heavy (non-hydrogen) atoms. The number of carbonyl (C=O) groups is 1. The van der Waals surface area contributed by atoms with Gasteiger partial charge in [-0.25, -0.2) is 4.39 Å². The van der Waals surface area contributed by atoms with Gasteiger partial charge in [0.1, 0.15) is 5.82 Å². The van der Waals surface area contributed by atoms with Gasteiger partial charge in [0.05, 0.1) is 5.25 Å². The molecule has 0 aliphatic rings. The molecule has 3 rings (SSSR count). The van der Waals surface area contributed by atoms with Gasteiger partial charge in [-0.1, -0.05) is 48.2 Å². The summed E-state index contributed by atoms with van der Waals surface area (Å²) in [6, 6.07) is 15.6. The van der Waals surface area contributed by atoms with Crippen molar-refractivity contribution in [1.29, 1.82) is 0 Å². The number of nitrogens with one attached hydrogen (secondary N) is 1. The van der Waals surface area contributed by atoms with Gasteiger partial charge in [-0.15, -0.1) is 10.2 Å². The lowest BCUT2D eigenvalue weighted by Gasteiger charge is -2.13. The molecule has 7 heteroatoms. The fourth-order valence-electron chi connectivity index (χ4n) is 2.48. The van der Waals surface area contributed by atoms with Crippen molar-refractivity contribution in [2.24, 2.45) is 0 Å². The Balaban J connectivity index is 1.74. The molecule has 0 radical (unpaired) electrons. The van der Waals surface area contributed by atoms with Crippen LogP contribution in [0.5, 0.6) is 0 Å². The molecule has 1 aromatic heterocycles. The predicted octanol–water partition coefficient (Wildman–Crippen LogP) is 4.22. The largest absolute Gasteiger partial charge is 0.325 e. The Morgan fingerprint density at radius 1 is 1.19 bits per heavy atom. The van der Waals surface area contributed by atoms with Crippen molar-refractivity contribution in [3.8, 4) is 11.4 Å². The van der Waals surface area contributed by atoms with E-state index in [-0.39, 0.29) is 11.7 Å². The second-order valence-electron chi connectivity index (χ2n) is 5.68. The molecule has 0 aliphatic heterocycles. The lowest BCUT2D eigenvalue weighted by Crippen LogP contribution is -2.23. The molecule has 0 saturated carbocycles. The van der Waals surface area contributed by atoms with Crippen LogP contribution in [0.25, 0.3) is 11.4 Å². The minimum Gasteiger partial charge on any atom is -0.325 e. The molecule has 0 aliphatic carbocycles. The van der Waals surface area contributed by atoms with Gasteiger partial charge in [-0.3, -0.25) is 4.79 Å². The number of hydrogen-bond donors (Lipinski definition) is 1. The second-order valence-corrected chi connectivity index (χ2v) is 6.98. The fourth-order valence-corrected chi connectivity index (χ4v) is 3.40. The molecular formula is C19H19FN4OS. The summed E-state index contributed by atoms with van der Waals surface area (Å²) in [6.45, 7) is 4.49. The average molecular weight is 370 g/mol. The summed E-state index contributed by atoms with van der Waals surface area (Å²) in [6.07, 6.45) is 0. The Morgan fingerprint density at radius 2 is 1.96 bits per heavy atom.